The molecule has 0 aliphatic rings. The van der Waals surface area contributed by atoms with Gasteiger partial charge in [-0.05, 0) is 66.8 Å². The molecule has 0 bridgehead atoms. The minimum atomic E-state index is -1.01. The van der Waals surface area contributed by atoms with Gasteiger partial charge in [-0.3, -0.25) is 0 Å². The molecule has 0 aliphatic heterocycles. The number of rotatable bonds is 6. The van der Waals surface area contributed by atoms with Crippen molar-refractivity contribution in [2.45, 2.75) is 20.3 Å². The van der Waals surface area contributed by atoms with Crippen LogP contribution in [0, 0.1) is 13.8 Å². The van der Waals surface area contributed by atoms with Crippen molar-refractivity contribution in [1.82, 2.24) is 0 Å². The lowest BCUT2D eigenvalue weighted by Crippen LogP contribution is -2.09. The number of halogens is 1. The fraction of sp³-hybridized carbons (Fsp3) is 0.174. The maximum atomic E-state index is 10.7. The van der Waals surface area contributed by atoms with Crippen LogP contribution in [0.15, 0.2) is 59.1 Å². The van der Waals surface area contributed by atoms with Crippen molar-refractivity contribution in [3.8, 4) is 22.6 Å². The number of carboxylic acids is 1. The Morgan fingerprint density at radius 2 is 1.86 bits per heavy atom. The lowest BCUT2D eigenvalue weighted by Gasteiger charge is -2.14. The first-order valence-corrected chi connectivity index (χ1v) is 9.65. The number of benzene rings is 3. The van der Waals surface area contributed by atoms with E-state index in [0.29, 0.717) is 12.2 Å². The Morgan fingerprint density at radius 1 is 1.07 bits per heavy atom. The highest BCUT2D eigenvalue weighted by Crippen LogP contribution is 2.33. The van der Waals surface area contributed by atoms with Crippen LogP contribution in [0.4, 0.5) is 0 Å². The second kappa shape index (κ2) is 8.48. The van der Waals surface area contributed by atoms with Gasteiger partial charge in [-0.2, -0.15) is 0 Å². The highest BCUT2D eigenvalue weighted by Gasteiger charge is 2.12. The maximum absolute atomic E-state index is 10.7. The summed E-state index contributed by atoms with van der Waals surface area (Å²) in [5.74, 6) is -0.241. The van der Waals surface area contributed by atoms with Crippen molar-refractivity contribution in [1.29, 1.82) is 0 Å². The molecule has 3 aromatic carbocycles. The quantitative estimate of drug-likeness (QED) is 0.531. The summed E-state index contributed by atoms with van der Waals surface area (Å²) in [6, 6.07) is 17.3. The van der Waals surface area contributed by atoms with E-state index in [4.69, 9.17) is 9.84 Å². The molecule has 0 spiro atoms. The Bertz CT molecular complexity index is 1000. The van der Waals surface area contributed by atoms with Crippen molar-refractivity contribution in [3.63, 3.8) is 0 Å². The van der Waals surface area contributed by atoms with Crippen LogP contribution in [-0.4, -0.2) is 22.8 Å². The van der Waals surface area contributed by atoms with Gasteiger partial charge in [-0.1, -0.05) is 51.8 Å². The van der Waals surface area contributed by atoms with E-state index < -0.39 is 5.97 Å². The van der Waals surface area contributed by atoms with Crippen LogP contribution in [-0.2, 0) is 11.2 Å². The third-order valence-corrected chi connectivity index (χ3v) is 5.23. The van der Waals surface area contributed by atoms with Crippen molar-refractivity contribution in [2.24, 2.45) is 0 Å². The Balaban J connectivity index is 1.90. The number of phenols is 1. The topological polar surface area (TPSA) is 66.8 Å². The molecule has 3 aromatic rings. The lowest BCUT2D eigenvalue weighted by atomic mass is 9.96. The zero-order valence-corrected chi connectivity index (χ0v) is 17.3. The number of hydrogen-bond donors (Lipinski definition) is 2. The zero-order valence-electron chi connectivity index (χ0n) is 15.7. The van der Waals surface area contributed by atoms with E-state index in [0.717, 1.165) is 37.9 Å². The molecule has 0 amide bonds. The van der Waals surface area contributed by atoms with E-state index in [1.165, 1.54) is 0 Å². The average Bonchev–Trinajstić information content (AvgIpc) is 2.64. The number of phenolic OH excluding ortho intramolecular Hbond substituents is 1. The maximum Gasteiger partial charge on any atom is 0.341 e. The van der Waals surface area contributed by atoms with E-state index in [9.17, 15) is 9.90 Å². The van der Waals surface area contributed by atoms with Gasteiger partial charge in [0.05, 0.1) is 0 Å². The average molecular weight is 441 g/mol. The molecule has 28 heavy (non-hydrogen) atoms. The van der Waals surface area contributed by atoms with Crippen LogP contribution >= 0.6 is 15.9 Å². The smallest absolute Gasteiger partial charge is 0.341 e. The third kappa shape index (κ3) is 4.73. The molecule has 0 radical (unpaired) electrons. The minimum Gasteiger partial charge on any atom is -0.507 e. The van der Waals surface area contributed by atoms with Gasteiger partial charge in [-0.15, -0.1) is 0 Å². The molecule has 0 saturated carbocycles. The number of aromatic hydroxyl groups is 1. The number of aryl methyl sites for hydroxylation is 2. The lowest BCUT2D eigenvalue weighted by molar-refractivity contribution is -0.139. The molecule has 0 atom stereocenters. The van der Waals surface area contributed by atoms with E-state index in [2.05, 4.69) is 22.0 Å². The summed E-state index contributed by atoms with van der Waals surface area (Å²) in [4.78, 5) is 10.7. The van der Waals surface area contributed by atoms with E-state index in [1.54, 1.807) is 12.1 Å². The van der Waals surface area contributed by atoms with E-state index in [-0.39, 0.29) is 12.4 Å². The number of hydrogen-bond acceptors (Lipinski definition) is 3. The molecular weight excluding hydrogens is 420 g/mol. The first-order chi connectivity index (χ1) is 13.3. The molecule has 0 aromatic heterocycles. The summed E-state index contributed by atoms with van der Waals surface area (Å²) in [7, 11) is 0. The number of carbonyl (C=O) groups is 1. The van der Waals surface area contributed by atoms with Crippen LogP contribution in [0.5, 0.6) is 11.5 Å². The highest BCUT2D eigenvalue weighted by molar-refractivity contribution is 9.10. The first-order valence-electron chi connectivity index (χ1n) is 8.86. The fourth-order valence-corrected chi connectivity index (χ4v) is 3.81. The predicted molar refractivity (Wildman–Crippen MR) is 113 cm³/mol. The van der Waals surface area contributed by atoms with Crippen molar-refractivity contribution >= 4 is 21.9 Å². The van der Waals surface area contributed by atoms with Gasteiger partial charge in [0.1, 0.15) is 11.5 Å². The molecule has 0 aliphatic carbocycles. The summed E-state index contributed by atoms with van der Waals surface area (Å²) in [6.07, 6.45) is 0.671. The van der Waals surface area contributed by atoms with Gasteiger partial charge in [0.15, 0.2) is 6.61 Å². The van der Waals surface area contributed by atoms with Crippen LogP contribution < -0.4 is 4.74 Å². The molecule has 0 unspecified atom stereocenters. The van der Waals surface area contributed by atoms with Gasteiger partial charge in [0.25, 0.3) is 0 Å². The second-order valence-electron chi connectivity index (χ2n) is 6.78. The molecule has 0 fully saturated rings. The molecule has 2 N–H and O–H groups in total. The molecule has 0 heterocycles. The third-order valence-electron chi connectivity index (χ3n) is 4.53. The van der Waals surface area contributed by atoms with Gasteiger partial charge in [-0.25, -0.2) is 4.79 Å². The number of aliphatic carboxylic acids is 1. The molecule has 0 saturated heterocycles. The summed E-state index contributed by atoms with van der Waals surface area (Å²) < 4.78 is 6.13. The number of ether oxygens (including phenoxy) is 1. The van der Waals surface area contributed by atoms with Crippen LogP contribution in [0.1, 0.15) is 22.3 Å². The second-order valence-corrected chi connectivity index (χ2v) is 7.64. The Hall–Kier alpha value is -2.79. The fourth-order valence-electron chi connectivity index (χ4n) is 3.14. The van der Waals surface area contributed by atoms with Gasteiger partial charge in [0.2, 0.25) is 0 Å². The predicted octanol–water partition coefficient (Wildman–Crippen LogP) is 5.49. The molecule has 4 nitrogen and oxygen atoms in total. The normalized spacial score (nSPS) is 10.7. The summed E-state index contributed by atoms with van der Waals surface area (Å²) >= 11 is 3.57. The molecule has 5 heteroatoms. The van der Waals surface area contributed by atoms with Crippen molar-refractivity contribution in [2.75, 3.05) is 6.61 Å². The van der Waals surface area contributed by atoms with Crippen molar-refractivity contribution in [3.05, 3.63) is 81.3 Å². The standard InChI is InChI=1S/C23H21BrO4/c1-14-4-3-5-17(8-14)20-11-16(6-7-22(20)25)10-19-15(2)9-18(12-21(19)24)28-13-23(26)27/h3-9,11-12,25H,10,13H2,1-2H3,(H,26,27). The SMILES string of the molecule is Cc1cccc(-c2cc(Cc3c(C)cc(OCC(=O)O)cc3Br)ccc2O)c1. The van der Waals surface area contributed by atoms with E-state index >= 15 is 0 Å². The molecule has 144 valence electrons. The van der Waals surface area contributed by atoms with Gasteiger partial charge >= 0.3 is 5.97 Å². The van der Waals surface area contributed by atoms with Crippen molar-refractivity contribution < 1.29 is 19.7 Å². The van der Waals surface area contributed by atoms with Crippen LogP contribution in [0.3, 0.4) is 0 Å². The van der Waals surface area contributed by atoms with E-state index in [1.807, 2.05) is 50.2 Å². The molecule has 3 rings (SSSR count). The number of carboxylic acid groups (broad SMARTS) is 1. The zero-order chi connectivity index (χ0) is 20.3. The summed E-state index contributed by atoms with van der Waals surface area (Å²) in [6.45, 7) is 3.62. The van der Waals surface area contributed by atoms with Gasteiger partial charge in [0, 0.05) is 10.0 Å². The summed E-state index contributed by atoms with van der Waals surface area (Å²) in [5, 5.41) is 19.1. The summed E-state index contributed by atoms with van der Waals surface area (Å²) in [5.41, 5.74) is 6.07. The Labute approximate surface area is 172 Å². The minimum absolute atomic E-state index is 0.252. The van der Waals surface area contributed by atoms with Crippen LogP contribution in [0.25, 0.3) is 11.1 Å². The Kier molecular flexibility index (Phi) is 6.05. The van der Waals surface area contributed by atoms with Crippen LogP contribution in [0.2, 0.25) is 0 Å². The monoisotopic (exact) mass is 440 g/mol. The highest BCUT2D eigenvalue weighted by atomic mass is 79.9. The Morgan fingerprint density at radius 3 is 2.54 bits per heavy atom. The molecular formula is C23H21BrO4. The first kappa shape index (κ1) is 20.0. The van der Waals surface area contributed by atoms with Gasteiger partial charge < -0.3 is 14.9 Å². The largest absolute Gasteiger partial charge is 0.507 e.